The minimum atomic E-state index is 0.743. The first-order valence-electron chi connectivity index (χ1n) is 12.3. The molecular weight excluding hydrogens is 472 g/mol. The maximum absolute atomic E-state index is 6.13. The van der Waals surface area contributed by atoms with Gasteiger partial charge in [0.05, 0.1) is 0 Å². The highest BCUT2D eigenvalue weighted by Crippen LogP contribution is 2.47. The molecule has 0 unspecified atom stereocenters. The van der Waals surface area contributed by atoms with E-state index in [9.17, 15) is 0 Å². The summed E-state index contributed by atoms with van der Waals surface area (Å²) >= 11 is 1.80. The van der Waals surface area contributed by atoms with E-state index < -0.39 is 0 Å². The molecule has 0 radical (unpaired) electrons. The van der Waals surface area contributed by atoms with Crippen molar-refractivity contribution in [2.75, 3.05) is 0 Å². The average Bonchev–Trinajstić information content (AvgIpc) is 3.46. The number of benzene rings is 6. The van der Waals surface area contributed by atoms with E-state index in [4.69, 9.17) is 9.47 Å². The lowest BCUT2D eigenvalue weighted by Gasteiger charge is -2.20. The van der Waals surface area contributed by atoms with Crippen molar-refractivity contribution in [1.29, 1.82) is 0 Å². The van der Waals surface area contributed by atoms with Crippen molar-refractivity contribution in [3.8, 4) is 43.9 Å². The van der Waals surface area contributed by atoms with Crippen molar-refractivity contribution >= 4 is 43.7 Å². The van der Waals surface area contributed by atoms with Crippen LogP contribution < -0.4 is 9.47 Å². The lowest BCUT2D eigenvalue weighted by Crippen LogP contribution is -1.98. The van der Waals surface area contributed by atoms with E-state index in [0.29, 0.717) is 0 Å². The Labute approximate surface area is 218 Å². The number of hydrogen-bond donors (Lipinski definition) is 0. The molecule has 6 aromatic carbocycles. The second kappa shape index (κ2) is 7.95. The largest absolute Gasteiger partial charge is 0.450 e. The predicted molar refractivity (Wildman–Crippen MR) is 154 cm³/mol. The summed E-state index contributed by atoms with van der Waals surface area (Å²) < 4.78 is 12.2. The Kier molecular flexibility index (Phi) is 4.42. The summed E-state index contributed by atoms with van der Waals surface area (Å²) in [6, 6.07) is 42.7. The Morgan fingerprint density at radius 1 is 0.351 bits per heavy atom. The number of para-hydroxylation sites is 2. The molecule has 1 aromatic heterocycles. The van der Waals surface area contributed by atoms with Crippen molar-refractivity contribution < 1.29 is 9.47 Å². The summed E-state index contributed by atoms with van der Waals surface area (Å²) in [5.74, 6) is 2.98. The summed E-state index contributed by atoms with van der Waals surface area (Å²) in [6.07, 6.45) is 0. The van der Waals surface area contributed by atoms with Gasteiger partial charge in [0.1, 0.15) is 0 Å². The van der Waals surface area contributed by atoms with E-state index in [-0.39, 0.29) is 0 Å². The van der Waals surface area contributed by atoms with Gasteiger partial charge in [0.15, 0.2) is 23.0 Å². The number of rotatable bonds is 2. The van der Waals surface area contributed by atoms with Gasteiger partial charge in [0.25, 0.3) is 0 Å². The highest BCUT2D eigenvalue weighted by molar-refractivity contribution is 7.18. The molecule has 1 aliphatic heterocycles. The monoisotopic (exact) mass is 492 g/mol. The third kappa shape index (κ3) is 3.25. The molecular formula is C34H20O2S. The van der Waals surface area contributed by atoms with Gasteiger partial charge >= 0.3 is 0 Å². The Hall–Kier alpha value is -4.60. The van der Waals surface area contributed by atoms with Crippen LogP contribution in [0.1, 0.15) is 0 Å². The third-order valence-electron chi connectivity index (χ3n) is 7.15. The smallest absolute Gasteiger partial charge is 0.170 e. The first-order chi connectivity index (χ1) is 18.3. The standard InChI is InChI=1S/C34H20O2S/c1-2-9-25-23(7-1)24-8-3-4-10-26(24)28-19-21(13-15-27(25)28)33-17-18-34(37-33)22-14-16-31-32(20-22)36-30-12-6-5-11-29(30)35-31/h1-20H. The van der Waals surface area contributed by atoms with Crippen LogP contribution in [-0.2, 0) is 0 Å². The van der Waals surface area contributed by atoms with Crippen molar-refractivity contribution in [1.82, 2.24) is 0 Å². The minimum Gasteiger partial charge on any atom is -0.450 e. The molecule has 0 saturated carbocycles. The van der Waals surface area contributed by atoms with Crippen molar-refractivity contribution in [2.45, 2.75) is 0 Å². The van der Waals surface area contributed by atoms with Crippen molar-refractivity contribution in [2.24, 2.45) is 0 Å². The maximum Gasteiger partial charge on any atom is 0.170 e. The van der Waals surface area contributed by atoms with E-state index in [0.717, 1.165) is 28.6 Å². The fourth-order valence-corrected chi connectivity index (χ4v) is 6.39. The van der Waals surface area contributed by atoms with Crippen LogP contribution in [0.4, 0.5) is 0 Å². The average molecular weight is 493 g/mol. The van der Waals surface area contributed by atoms with Gasteiger partial charge in [-0.15, -0.1) is 11.3 Å². The first-order valence-corrected chi connectivity index (χ1v) is 13.2. The van der Waals surface area contributed by atoms with Crippen molar-refractivity contribution in [3.05, 3.63) is 121 Å². The summed E-state index contributed by atoms with van der Waals surface area (Å²) in [5.41, 5.74) is 2.35. The molecule has 0 bridgehead atoms. The quantitative estimate of drug-likeness (QED) is 0.223. The van der Waals surface area contributed by atoms with Gasteiger partial charge in [-0.1, -0.05) is 72.8 Å². The summed E-state index contributed by atoms with van der Waals surface area (Å²) in [4.78, 5) is 2.44. The molecule has 2 nitrogen and oxygen atoms in total. The Morgan fingerprint density at radius 2 is 0.811 bits per heavy atom. The van der Waals surface area contributed by atoms with Gasteiger partial charge in [0.2, 0.25) is 0 Å². The lowest BCUT2D eigenvalue weighted by molar-refractivity contribution is 0.360. The van der Waals surface area contributed by atoms with Gasteiger partial charge in [-0.2, -0.15) is 0 Å². The molecule has 8 rings (SSSR count). The molecule has 0 fully saturated rings. The third-order valence-corrected chi connectivity index (χ3v) is 8.34. The van der Waals surface area contributed by atoms with Crippen LogP contribution in [0, 0.1) is 0 Å². The summed E-state index contributed by atoms with van der Waals surface area (Å²) in [5, 5.41) is 7.78. The van der Waals surface area contributed by atoms with Crippen LogP contribution in [0.25, 0.3) is 53.2 Å². The lowest BCUT2D eigenvalue weighted by atomic mass is 9.93. The van der Waals surface area contributed by atoms with E-state index in [1.807, 2.05) is 30.3 Å². The summed E-state index contributed by atoms with van der Waals surface area (Å²) in [7, 11) is 0. The number of thiophene rings is 1. The van der Waals surface area contributed by atoms with E-state index >= 15 is 0 Å². The van der Waals surface area contributed by atoms with E-state index in [1.54, 1.807) is 11.3 Å². The molecule has 1 aliphatic rings. The van der Waals surface area contributed by atoms with Gasteiger partial charge in [-0.3, -0.25) is 0 Å². The second-order valence-electron chi connectivity index (χ2n) is 9.33. The Balaban J connectivity index is 1.22. The van der Waals surface area contributed by atoms with Crippen LogP contribution in [0.5, 0.6) is 23.0 Å². The molecule has 0 amide bonds. The number of hydrogen-bond acceptors (Lipinski definition) is 3. The molecule has 0 N–H and O–H groups in total. The van der Waals surface area contributed by atoms with Gasteiger partial charge in [-0.25, -0.2) is 0 Å². The van der Waals surface area contributed by atoms with Crippen LogP contribution in [0.15, 0.2) is 121 Å². The molecule has 0 aliphatic carbocycles. The predicted octanol–water partition coefficient (Wildman–Crippen LogP) is 10.4. The molecule has 0 spiro atoms. The number of fused-ring (bicyclic) bond motifs is 8. The van der Waals surface area contributed by atoms with Crippen molar-refractivity contribution in [3.63, 3.8) is 0 Å². The zero-order valence-corrected chi connectivity index (χ0v) is 20.6. The molecule has 7 aromatic rings. The molecule has 0 atom stereocenters. The van der Waals surface area contributed by atoms with Gasteiger partial charge in [0, 0.05) is 9.75 Å². The fourth-order valence-electron chi connectivity index (χ4n) is 5.39. The number of ether oxygens (including phenoxy) is 2. The molecule has 37 heavy (non-hydrogen) atoms. The zero-order valence-electron chi connectivity index (χ0n) is 19.8. The Bertz CT molecular complexity index is 1960. The molecule has 174 valence electrons. The fraction of sp³-hybridized carbons (Fsp3) is 0. The SMILES string of the molecule is c1ccc2c(c1)Oc1ccc(-c3ccc(-c4ccc5c6ccccc6c6ccccc6c5c4)s3)cc1O2. The van der Waals surface area contributed by atoms with Crippen LogP contribution in [-0.4, -0.2) is 0 Å². The Morgan fingerprint density at radius 3 is 1.46 bits per heavy atom. The highest BCUT2D eigenvalue weighted by atomic mass is 32.1. The van der Waals surface area contributed by atoms with E-state index in [1.165, 1.54) is 47.6 Å². The summed E-state index contributed by atoms with van der Waals surface area (Å²) in [6.45, 7) is 0. The zero-order chi connectivity index (χ0) is 24.3. The van der Waals surface area contributed by atoms with Crippen LogP contribution in [0.3, 0.4) is 0 Å². The highest BCUT2D eigenvalue weighted by Gasteiger charge is 2.19. The normalized spacial score (nSPS) is 12.2. The topological polar surface area (TPSA) is 18.5 Å². The van der Waals surface area contributed by atoms with Gasteiger partial charge < -0.3 is 9.47 Å². The van der Waals surface area contributed by atoms with Gasteiger partial charge in [-0.05, 0) is 92.0 Å². The van der Waals surface area contributed by atoms with E-state index in [2.05, 4.69) is 91.0 Å². The second-order valence-corrected chi connectivity index (χ2v) is 10.4. The molecule has 3 heteroatoms. The maximum atomic E-state index is 6.13. The van der Waals surface area contributed by atoms with Crippen LogP contribution in [0.2, 0.25) is 0 Å². The minimum absolute atomic E-state index is 0.743. The van der Waals surface area contributed by atoms with Crippen LogP contribution >= 0.6 is 11.3 Å². The molecule has 2 heterocycles. The molecule has 0 saturated heterocycles. The first kappa shape index (κ1) is 20.6.